The van der Waals surface area contributed by atoms with Gasteiger partial charge >= 0.3 is 15.5 Å². The number of aryl methyl sites for hydroxylation is 1. The first-order valence-electron chi connectivity index (χ1n) is 8.25. The summed E-state index contributed by atoms with van der Waals surface area (Å²) in [6.45, 7) is 2.07. The zero-order valence-corrected chi connectivity index (χ0v) is 15.5. The predicted octanol–water partition coefficient (Wildman–Crippen LogP) is 3.59. The van der Waals surface area contributed by atoms with Gasteiger partial charge in [0, 0.05) is 18.8 Å². The van der Waals surface area contributed by atoms with Gasteiger partial charge < -0.3 is 4.90 Å². The summed E-state index contributed by atoms with van der Waals surface area (Å²) in [6.07, 6.45) is 0.488. The number of fused-ring (bicyclic) bond motifs is 1. The zero-order chi connectivity index (χ0) is 20.7. The van der Waals surface area contributed by atoms with Crippen molar-refractivity contribution in [3.63, 3.8) is 0 Å². The molecule has 10 heteroatoms. The first kappa shape index (κ1) is 20.1. The maximum absolute atomic E-state index is 14.3. The summed E-state index contributed by atoms with van der Waals surface area (Å²) in [7, 11) is -5.50. The van der Waals surface area contributed by atoms with Crippen LogP contribution in [0.15, 0.2) is 36.4 Å². The highest BCUT2D eigenvalue weighted by Gasteiger charge is 2.46. The average molecular weight is 416 g/mol. The van der Waals surface area contributed by atoms with E-state index in [-0.39, 0.29) is 17.8 Å². The van der Waals surface area contributed by atoms with Crippen LogP contribution in [0.4, 0.5) is 23.2 Å². The van der Waals surface area contributed by atoms with Gasteiger partial charge in [0.1, 0.15) is 5.82 Å². The Morgan fingerprint density at radius 1 is 1.11 bits per heavy atom. The molecular formula is C18H16F4N2O3S. The molecule has 1 heterocycles. The molecule has 3 rings (SSSR count). The summed E-state index contributed by atoms with van der Waals surface area (Å²) >= 11 is 0. The van der Waals surface area contributed by atoms with Crippen molar-refractivity contribution in [2.75, 3.05) is 11.3 Å². The van der Waals surface area contributed by atoms with E-state index in [0.29, 0.717) is 29.7 Å². The second-order valence-corrected chi connectivity index (χ2v) is 8.13. The lowest BCUT2D eigenvalue weighted by molar-refractivity contribution is -0.0429. The van der Waals surface area contributed by atoms with E-state index in [1.165, 1.54) is 33.9 Å². The molecule has 1 aliphatic rings. The van der Waals surface area contributed by atoms with Gasteiger partial charge in [-0.05, 0) is 42.2 Å². The summed E-state index contributed by atoms with van der Waals surface area (Å²) in [5.41, 5.74) is -4.04. The summed E-state index contributed by atoms with van der Waals surface area (Å²) < 4.78 is 75.2. The smallest absolute Gasteiger partial charge is 0.334 e. The van der Waals surface area contributed by atoms with Gasteiger partial charge in [-0.15, -0.1) is 0 Å². The van der Waals surface area contributed by atoms with Crippen molar-refractivity contribution >= 4 is 21.6 Å². The van der Waals surface area contributed by atoms with Gasteiger partial charge in [0.2, 0.25) is 0 Å². The number of hydrogen-bond donors (Lipinski definition) is 1. The molecule has 0 aliphatic carbocycles. The van der Waals surface area contributed by atoms with Crippen LogP contribution < -0.4 is 4.72 Å². The fourth-order valence-corrected chi connectivity index (χ4v) is 3.50. The van der Waals surface area contributed by atoms with Crippen LogP contribution in [0.5, 0.6) is 0 Å². The van der Waals surface area contributed by atoms with Crippen LogP contribution in [0, 0.1) is 12.7 Å². The van der Waals surface area contributed by atoms with E-state index in [0.717, 1.165) is 0 Å². The Hall–Kier alpha value is -2.62. The first-order chi connectivity index (χ1) is 13.0. The fraction of sp³-hybridized carbons (Fsp3) is 0.278. The Morgan fingerprint density at radius 3 is 2.36 bits per heavy atom. The minimum atomic E-state index is -5.50. The van der Waals surface area contributed by atoms with E-state index in [4.69, 9.17) is 0 Å². The van der Waals surface area contributed by atoms with Crippen LogP contribution >= 0.6 is 0 Å². The van der Waals surface area contributed by atoms with Crippen LogP contribution in [0.25, 0.3) is 0 Å². The molecule has 0 saturated heterocycles. The third-order valence-corrected chi connectivity index (χ3v) is 5.57. The summed E-state index contributed by atoms with van der Waals surface area (Å²) in [5, 5.41) is 0. The number of amides is 1. The molecule has 5 nitrogen and oxygen atoms in total. The number of sulfonamides is 1. The van der Waals surface area contributed by atoms with Crippen LogP contribution in [-0.4, -0.2) is 31.3 Å². The van der Waals surface area contributed by atoms with Gasteiger partial charge in [-0.3, -0.25) is 9.52 Å². The Bertz CT molecular complexity index is 1020. The van der Waals surface area contributed by atoms with Gasteiger partial charge in [-0.2, -0.15) is 21.6 Å². The highest BCUT2D eigenvalue weighted by atomic mass is 32.2. The summed E-state index contributed by atoms with van der Waals surface area (Å²) in [5.74, 6) is -1.01. The van der Waals surface area contributed by atoms with Crippen molar-refractivity contribution in [3.8, 4) is 0 Å². The Balaban J connectivity index is 1.75. The molecule has 150 valence electrons. The second kappa shape index (κ2) is 7.08. The number of anilines is 1. The Morgan fingerprint density at radius 2 is 1.75 bits per heavy atom. The Labute approximate surface area is 159 Å². The van der Waals surface area contributed by atoms with Gasteiger partial charge in [0.15, 0.2) is 0 Å². The van der Waals surface area contributed by atoms with Crippen molar-refractivity contribution in [2.45, 2.75) is 25.4 Å². The van der Waals surface area contributed by atoms with E-state index in [2.05, 4.69) is 0 Å². The number of alkyl halides is 3. The SMILES string of the molecule is Cc1ccc2c(c1F)C(=O)N(Cc1ccc(NS(=O)(=O)C(F)(F)F)cc1)CC2. The predicted molar refractivity (Wildman–Crippen MR) is 94.6 cm³/mol. The maximum atomic E-state index is 14.3. The van der Waals surface area contributed by atoms with Crippen molar-refractivity contribution < 1.29 is 30.8 Å². The molecule has 0 radical (unpaired) electrons. The minimum absolute atomic E-state index is 0.0424. The van der Waals surface area contributed by atoms with Gasteiger partial charge in [0.05, 0.1) is 5.56 Å². The van der Waals surface area contributed by atoms with E-state index in [9.17, 15) is 30.8 Å². The first-order valence-corrected chi connectivity index (χ1v) is 9.73. The molecule has 0 fully saturated rings. The van der Waals surface area contributed by atoms with Crippen LogP contribution in [0.2, 0.25) is 0 Å². The topological polar surface area (TPSA) is 66.5 Å². The number of carbonyl (C=O) groups is 1. The third kappa shape index (κ3) is 3.82. The van der Waals surface area contributed by atoms with Crippen molar-refractivity contribution in [3.05, 3.63) is 64.5 Å². The monoisotopic (exact) mass is 416 g/mol. The molecule has 2 aromatic rings. The molecule has 0 saturated carbocycles. The van der Waals surface area contributed by atoms with E-state index in [1.54, 1.807) is 19.1 Å². The lowest BCUT2D eigenvalue weighted by Gasteiger charge is -2.29. The van der Waals surface area contributed by atoms with E-state index < -0.39 is 27.3 Å². The minimum Gasteiger partial charge on any atom is -0.334 e. The molecule has 0 spiro atoms. The fourth-order valence-electron chi connectivity index (χ4n) is 2.94. The molecule has 28 heavy (non-hydrogen) atoms. The number of nitrogens with one attached hydrogen (secondary N) is 1. The van der Waals surface area contributed by atoms with Gasteiger partial charge in [-0.25, -0.2) is 4.39 Å². The number of benzene rings is 2. The molecule has 0 atom stereocenters. The number of nitrogens with zero attached hydrogens (tertiary/aromatic N) is 1. The van der Waals surface area contributed by atoms with Crippen LogP contribution in [0.1, 0.15) is 27.0 Å². The van der Waals surface area contributed by atoms with Gasteiger partial charge in [0.25, 0.3) is 5.91 Å². The summed E-state index contributed by atoms with van der Waals surface area (Å²) in [6, 6.07) is 8.51. The molecule has 1 N–H and O–H groups in total. The van der Waals surface area contributed by atoms with Crippen molar-refractivity contribution in [2.24, 2.45) is 0 Å². The lowest BCUT2D eigenvalue weighted by atomic mass is 9.96. The van der Waals surface area contributed by atoms with Crippen LogP contribution in [-0.2, 0) is 23.0 Å². The third-order valence-electron chi connectivity index (χ3n) is 4.46. The average Bonchev–Trinajstić information content (AvgIpc) is 2.61. The summed E-state index contributed by atoms with van der Waals surface area (Å²) in [4.78, 5) is 14.1. The van der Waals surface area contributed by atoms with Crippen molar-refractivity contribution in [1.29, 1.82) is 0 Å². The van der Waals surface area contributed by atoms with Crippen LogP contribution in [0.3, 0.4) is 0 Å². The molecule has 1 amide bonds. The molecule has 2 aromatic carbocycles. The quantitative estimate of drug-likeness (QED) is 0.775. The highest BCUT2D eigenvalue weighted by molar-refractivity contribution is 7.93. The zero-order valence-electron chi connectivity index (χ0n) is 14.7. The largest absolute Gasteiger partial charge is 0.516 e. The lowest BCUT2D eigenvalue weighted by Crippen LogP contribution is -2.38. The Kier molecular flexibility index (Phi) is 5.09. The van der Waals surface area contributed by atoms with Crippen molar-refractivity contribution in [1.82, 2.24) is 4.90 Å². The molecular weight excluding hydrogens is 400 g/mol. The number of hydrogen-bond acceptors (Lipinski definition) is 3. The normalized spacial score (nSPS) is 14.8. The number of halogens is 4. The molecule has 0 unspecified atom stereocenters. The number of carbonyl (C=O) groups excluding carboxylic acids is 1. The van der Waals surface area contributed by atoms with E-state index >= 15 is 0 Å². The maximum Gasteiger partial charge on any atom is 0.516 e. The van der Waals surface area contributed by atoms with E-state index in [1.807, 2.05) is 0 Å². The standard InChI is InChI=1S/C18H16F4N2O3S/c1-11-2-5-13-8-9-24(17(25)15(13)16(11)19)10-12-3-6-14(7-4-12)23-28(26,27)18(20,21)22/h2-7,23H,8-10H2,1H3. The number of rotatable bonds is 4. The molecule has 0 aromatic heterocycles. The second-order valence-electron chi connectivity index (χ2n) is 6.46. The van der Waals surface area contributed by atoms with Gasteiger partial charge in [-0.1, -0.05) is 24.3 Å². The molecule has 1 aliphatic heterocycles. The molecule has 0 bridgehead atoms. The highest BCUT2D eigenvalue weighted by Crippen LogP contribution is 2.27.